The van der Waals surface area contributed by atoms with E-state index < -0.39 is 10.0 Å². The first-order chi connectivity index (χ1) is 9.86. The standard InChI is InChI=1S/C14H20N2O3S2/c1-8-12(7-20-14(8)21(15,18)19)13(17)16-6-11-5-9-2-3-10(11)4-9/h7,9-11H,2-6H2,1H3,(H,16,17)(H2,15,18,19). The van der Waals surface area contributed by atoms with Crippen molar-refractivity contribution in [3.05, 3.63) is 16.5 Å². The number of hydrogen-bond donors (Lipinski definition) is 2. The minimum Gasteiger partial charge on any atom is -0.352 e. The molecule has 3 unspecified atom stereocenters. The van der Waals surface area contributed by atoms with E-state index in [2.05, 4.69) is 5.32 Å². The molecule has 1 heterocycles. The third-order valence-electron chi connectivity index (χ3n) is 4.91. The number of amides is 1. The highest BCUT2D eigenvalue weighted by molar-refractivity contribution is 7.91. The number of fused-ring (bicyclic) bond motifs is 2. The van der Waals surface area contributed by atoms with Crippen molar-refractivity contribution in [3.63, 3.8) is 0 Å². The zero-order valence-electron chi connectivity index (χ0n) is 12.0. The van der Waals surface area contributed by atoms with Gasteiger partial charge in [-0.05, 0) is 49.5 Å². The molecule has 2 aliphatic rings. The van der Waals surface area contributed by atoms with E-state index in [4.69, 9.17) is 5.14 Å². The summed E-state index contributed by atoms with van der Waals surface area (Å²) >= 11 is 1.01. The highest BCUT2D eigenvalue weighted by Crippen LogP contribution is 2.47. The number of carbonyl (C=O) groups excluding carboxylic acids is 1. The van der Waals surface area contributed by atoms with Gasteiger partial charge in [0.15, 0.2) is 0 Å². The van der Waals surface area contributed by atoms with E-state index in [9.17, 15) is 13.2 Å². The Kier molecular flexibility index (Phi) is 3.83. The molecule has 3 rings (SSSR count). The molecule has 1 aromatic rings. The number of sulfonamides is 1. The third kappa shape index (κ3) is 2.86. The molecular weight excluding hydrogens is 308 g/mol. The molecule has 0 aromatic carbocycles. The van der Waals surface area contributed by atoms with Crippen molar-refractivity contribution >= 4 is 27.3 Å². The summed E-state index contributed by atoms with van der Waals surface area (Å²) in [4.78, 5) is 12.2. The molecule has 2 fully saturated rings. The number of carbonyl (C=O) groups is 1. The van der Waals surface area contributed by atoms with Gasteiger partial charge in [-0.3, -0.25) is 4.79 Å². The lowest BCUT2D eigenvalue weighted by molar-refractivity contribution is 0.0941. The smallest absolute Gasteiger partial charge is 0.252 e. The van der Waals surface area contributed by atoms with Gasteiger partial charge in [-0.1, -0.05) is 6.42 Å². The molecule has 2 bridgehead atoms. The van der Waals surface area contributed by atoms with E-state index in [1.165, 1.54) is 25.7 Å². The first kappa shape index (κ1) is 15.0. The van der Waals surface area contributed by atoms with Crippen LogP contribution in [-0.4, -0.2) is 20.9 Å². The third-order valence-corrected chi connectivity index (χ3v) is 7.59. The zero-order chi connectivity index (χ0) is 15.2. The lowest BCUT2D eigenvalue weighted by atomic mass is 9.89. The van der Waals surface area contributed by atoms with Gasteiger partial charge in [-0.2, -0.15) is 0 Å². The average molecular weight is 328 g/mol. The first-order valence-corrected chi connectivity index (χ1v) is 9.68. The summed E-state index contributed by atoms with van der Waals surface area (Å²) in [6.45, 7) is 2.32. The Bertz CT molecular complexity index is 666. The van der Waals surface area contributed by atoms with Crippen LogP contribution in [0, 0.1) is 24.7 Å². The summed E-state index contributed by atoms with van der Waals surface area (Å²) in [7, 11) is -3.75. The molecule has 0 spiro atoms. The molecule has 0 radical (unpaired) electrons. The van der Waals surface area contributed by atoms with Gasteiger partial charge >= 0.3 is 0 Å². The maximum atomic E-state index is 12.2. The van der Waals surface area contributed by atoms with E-state index in [1.807, 2.05) is 0 Å². The lowest BCUT2D eigenvalue weighted by Gasteiger charge is -2.21. The summed E-state index contributed by atoms with van der Waals surface area (Å²) in [5.74, 6) is 2.01. The minimum absolute atomic E-state index is 0.0765. The normalized spacial score (nSPS) is 28.0. The van der Waals surface area contributed by atoms with Gasteiger partial charge in [0.2, 0.25) is 10.0 Å². The number of primary sulfonamides is 1. The largest absolute Gasteiger partial charge is 0.352 e. The fraction of sp³-hybridized carbons (Fsp3) is 0.643. The quantitative estimate of drug-likeness (QED) is 0.884. The predicted molar refractivity (Wildman–Crippen MR) is 81.7 cm³/mol. The van der Waals surface area contributed by atoms with Crippen LogP contribution in [0.4, 0.5) is 0 Å². The molecule has 21 heavy (non-hydrogen) atoms. The van der Waals surface area contributed by atoms with Crippen LogP contribution in [0.3, 0.4) is 0 Å². The van der Waals surface area contributed by atoms with Crippen LogP contribution in [0.15, 0.2) is 9.59 Å². The second kappa shape index (κ2) is 5.37. The highest BCUT2D eigenvalue weighted by Gasteiger charge is 2.39. The van der Waals surface area contributed by atoms with E-state index in [0.29, 0.717) is 23.6 Å². The molecule has 5 nitrogen and oxygen atoms in total. The summed E-state index contributed by atoms with van der Waals surface area (Å²) in [5.41, 5.74) is 0.875. The summed E-state index contributed by atoms with van der Waals surface area (Å²) in [6.07, 6.45) is 5.16. The number of rotatable bonds is 4. The molecule has 3 atom stereocenters. The number of nitrogens with one attached hydrogen (secondary N) is 1. The van der Waals surface area contributed by atoms with Crippen LogP contribution in [-0.2, 0) is 10.0 Å². The summed E-state index contributed by atoms with van der Waals surface area (Å²) in [5, 5.41) is 9.67. The van der Waals surface area contributed by atoms with Crippen LogP contribution >= 0.6 is 11.3 Å². The Labute approximate surface area is 129 Å². The highest BCUT2D eigenvalue weighted by atomic mass is 32.2. The van der Waals surface area contributed by atoms with Crippen molar-refractivity contribution in [3.8, 4) is 0 Å². The van der Waals surface area contributed by atoms with Crippen LogP contribution < -0.4 is 10.5 Å². The predicted octanol–water partition coefficient (Wildman–Crippen LogP) is 1.87. The summed E-state index contributed by atoms with van der Waals surface area (Å²) < 4.78 is 22.9. The SMILES string of the molecule is Cc1c(C(=O)NCC2CC3CCC2C3)csc1S(N)(=O)=O. The lowest BCUT2D eigenvalue weighted by Crippen LogP contribution is -2.31. The van der Waals surface area contributed by atoms with Gasteiger partial charge in [0, 0.05) is 11.9 Å². The maximum Gasteiger partial charge on any atom is 0.252 e. The molecule has 116 valence electrons. The van der Waals surface area contributed by atoms with Crippen LogP contribution in [0.25, 0.3) is 0 Å². The molecule has 1 aromatic heterocycles. The van der Waals surface area contributed by atoms with Crippen LogP contribution in [0.2, 0.25) is 0 Å². The first-order valence-electron chi connectivity index (χ1n) is 7.25. The van der Waals surface area contributed by atoms with Gasteiger partial charge in [-0.25, -0.2) is 13.6 Å². The van der Waals surface area contributed by atoms with E-state index >= 15 is 0 Å². The van der Waals surface area contributed by atoms with Crippen molar-refractivity contribution in [1.82, 2.24) is 5.32 Å². The number of nitrogens with two attached hydrogens (primary N) is 1. The molecule has 0 saturated heterocycles. The Morgan fingerprint density at radius 1 is 1.43 bits per heavy atom. The molecule has 2 saturated carbocycles. The number of thiophene rings is 1. The van der Waals surface area contributed by atoms with Crippen molar-refractivity contribution in [1.29, 1.82) is 0 Å². The van der Waals surface area contributed by atoms with Crippen molar-refractivity contribution < 1.29 is 13.2 Å². The zero-order valence-corrected chi connectivity index (χ0v) is 13.6. The maximum absolute atomic E-state index is 12.2. The van der Waals surface area contributed by atoms with Gasteiger partial charge in [0.25, 0.3) is 5.91 Å². The Balaban J connectivity index is 1.65. The van der Waals surface area contributed by atoms with E-state index in [0.717, 1.165) is 23.2 Å². The fourth-order valence-corrected chi connectivity index (χ4v) is 5.86. The van der Waals surface area contributed by atoms with Gasteiger partial charge in [0.1, 0.15) is 4.21 Å². The second-order valence-corrected chi connectivity index (χ2v) is 8.89. The van der Waals surface area contributed by atoms with Crippen molar-refractivity contribution in [2.75, 3.05) is 6.54 Å². The Hall–Kier alpha value is -0.920. The molecule has 7 heteroatoms. The van der Waals surface area contributed by atoms with Crippen molar-refractivity contribution in [2.45, 2.75) is 36.8 Å². The fourth-order valence-electron chi connectivity index (χ4n) is 3.85. The van der Waals surface area contributed by atoms with Gasteiger partial charge < -0.3 is 5.32 Å². The van der Waals surface area contributed by atoms with Crippen LogP contribution in [0.1, 0.15) is 41.6 Å². The Morgan fingerprint density at radius 3 is 2.71 bits per heavy atom. The Morgan fingerprint density at radius 2 is 2.19 bits per heavy atom. The minimum atomic E-state index is -3.75. The van der Waals surface area contributed by atoms with Gasteiger partial charge in [0.05, 0.1) is 5.56 Å². The van der Waals surface area contributed by atoms with E-state index in [1.54, 1.807) is 12.3 Å². The molecule has 0 aliphatic heterocycles. The van der Waals surface area contributed by atoms with Crippen LogP contribution in [0.5, 0.6) is 0 Å². The van der Waals surface area contributed by atoms with E-state index in [-0.39, 0.29) is 10.1 Å². The monoisotopic (exact) mass is 328 g/mol. The summed E-state index contributed by atoms with van der Waals surface area (Å²) in [6, 6.07) is 0. The van der Waals surface area contributed by atoms with Gasteiger partial charge in [-0.15, -0.1) is 11.3 Å². The molecule has 3 N–H and O–H groups in total. The topological polar surface area (TPSA) is 89.3 Å². The number of hydrogen-bond acceptors (Lipinski definition) is 4. The molecular formula is C14H20N2O3S2. The second-order valence-electron chi connectivity index (χ2n) is 6.25. The average Bonchev–Trinajstić information content (AvgIpc) is 3.09. The molecule has 1 amide bonds. The molecule has 2 aliphatic carbocycles. The van der Waals surface area contributed by atoms with Crippen molar-refractivity contribution in [2.24, 2.45) is 22.9 Å².